The molecule has 8 heteroatoms. The highest BCUT2D eigenvalue weighted by atomic mass is 35.5. The molecule has 2 unspecified atom stereocenters. The van der Waals surface area contributed by atoms with Crippen molar-refractivity contribution in [1.82, 2.24) is 10.9 Å². The fourth-order valence-electron chi connectivity index (χ4n) is 2.94. The highest BCUT2D eigenvalue weighted by Gasteiger charge is 2.18. The number of carbonyl (C=O) groups excluding carboxylic acids is 3. The predicted molar refractivity (Wildman–Crippen MR) is 126 cm³/mol. The van der Waals surface area contributed by atoms with Crippen LogP contribution in [0.1, 0.15) is 57.1 Å². The Kier molecular flexibility index (Phi) is 9.53. The van der Waals surface area contributed by atoms with E-state index < -0.39 is 17.9 Å². The van der Waals surface area contributed by atoms with Crippen molar-refractivity contribution in [3.63, 3.8) is 0 Å². The van der Waals surface area contributed by atoms with Crippen molar-refractivity contribution in [3.8, 4) is 5.75 Å². The van der Waals surface area contributed by atoms with Crippen molar-refractivity contribution in [2.45, 2.75) is 59.0 Å². The molecule has 0 saturated carbocycles. The zero-order valence-corrected chi connectivity index (χ0v) is 19.6. The van der Waals surface area contributed by atoms with Crippen molar-refractivity contribution >= 4 is 35.0 Å². The molecule has 0 fully saturated rings. The smallest absolute Gasteiger partial charge is 0.279 e. The monoisotopic (exact) mass is 459 g/mol. The Bertz CT molecular complexity index is 964. The van der Waals surface area contributed by atoms with Crippen LogP contribution in [-0.4, -0.2) is 23.8 Å². The van der Waals surface area contributed by atoms with Gasteiger partial charge in [0.1, 0.15) is 5.75 Å². The predicted octanol–water partition coefficient (Wildman–Crippen LogP) is 4.50. The molecule has 3 amide bonds. The van der Waals surface area contributed by atoms with Gasteiger partial charge in [0.15, 0.2) is 6.10 Å². The van der Waals surface area contributed by atoms with E-state index in [-0.39, 0.29) is 18.7 Å². The van der Waals surface area contributed by atoms with Crippen LogP contribution in [0, 0.1) is 6.92 Å². The number of carbonyl (C=O) groups is 3. The van der Waals surface area contributed by atoms with Crippen LogP contribution in [0.15, 0.2) is 42.5 Å². The van der Waals surface area contributed by atoms with Crippen LogP contribution in [-0.2, 0) is 14.4 Å². The summed E-state index contributed by atoms with van der Waals surface area (Å²) in [7, 11) is 0. The largest absolute Gasteiger partial charge is 0.481 e. The molecule has 2 atom stereocenters. The molecule has 0 radical (unpaired) electrons. The molecule has 0 bridgehead atoms. The maximum Gasteiger partial charge on any atom is 0.279 e. The van der Waals surface area contributed by atoms with Gasteiger partial charge in [0, 0.05) is 23.6 Å². The molecule has 0 aliphatic heterocycles. The summed E-state index contributed by atoms with van der Waals surface area (Å²) < 4.78 is 5.81. The number of anilines is 1. The van der Waals surface area contributed by atoms with Crippen molar-refractivity contribution in [3.05, 3.63) is 58.6 Å². The Morgan fingerprint density at radius 2 is 1.66 bits per heavy atom. The lowest BCUT2D eigenvalue weighted by atomic mass is 9.98. The molecule has 0 aromatic heterocycles. The Morgan fingerprint density at radius 1 is 0.969 bits per heavy atom. The minimum Gasteiger partial charge on any atom is -0.481 e. The second-order valence-corrected chi connectivity index (χ2v) is 8.01. The van der Waals surface area contributed by atoms with Crippen LogP contribution < -0.4 is 20.9 Å². The first kappa shape index (κ1) is 25.2. The lowest BCUT2D eigenvalue weighted by Gasteiger charge is -2.19. The van der Waals surface area contributed by atoms with E-state index in [1.165, 1.54) is 0 Å². The van der Waals surface area contributed by atoms with E-state index >= 15 is 0 Å². The van der Waals surface area contributed by atoms with E-state index in [0.29, 0.717) is 22.4 Å². The molecule has 32 heavy (non-hydrogen) atoms. The first-order valence-electron chi connectivity index (χ1n) is 10.6. The second kappa shape index (κ2) is 12.1. The van der Waals surface area contributed by atoms with Gasteiger partial charge in [0.2, 0.25) is 11.8 Å². The molecular formula is C24H30ClN3O4. The third-order valence-corrected chi connectivity index (χ3v) is 5.59. The summed E-state index contributed by atoms with van der Waals surface area (Å²) in [4.78, 5) is 36.4. The Morgan fingerprint density at radius 3 is 2.38 bits per heavy atom. The molecule has 0 heterocycles. The first-order chi connectivity index (χ1) is 15.2. The van der Waals surface area contributed by atoms with Gasteiger partial charge < -0.3 is 10.1 Å². The van der Waals surface area contributed by atoms with Gasteiger partial charge in [-0.15, -0.1) is 0 Å². The van der Waals surface area contributed by atoms with Gasteiger partial charge in [-0.3, -0.25) is 25.2 Å². The summed E-state index contributed by atoms with van der Waals surface area (Å²) in [5, 5.41) is 3.27. The number of hydrogen-bond donors (Lipinski definition) is 3. The number of ether oxygens (including phenoxy) is 1. The van der Waals surface area contributed by atoms with Crippen LogP contribution in [0.3, 0.4) is 0 Å². The van der Waals surface area contributed by atoms with E-state index in [1.807, 2.05) is 24.3 Å². The molecule has 0 saturated heterocycles. The van der Waals surface area contributed by atoms with E-state index in [9.17, 15) is 14.4 Å². The van der Waals surface area contributed by atoms with Gasteiger partial charge in [-0.25, -0.2) is 0 Å². The van der Waals surface area contributed by atoms with Crippen molar-refractivity contribution in [1.29, 1.82) is 0 Å². The molecule has 0 aliphatic rings. The van der Waals surface area contributed by atoms with Gasteiger partial charge in [0.05, 0.1) is 0 Å². The van der Waals surface area contributed by atoms with Crippen LogP contribution in [0.5, 0.6) is 5.75 Å². The normalized spacial score (nSPS) is 12.4. The Balaban J connectivity index is 1.78. The summed E-state index contributed by atoms with van der Waals surface area (Å²) >= 11 is 6.04. The molecule has 2 aromatic carbocycles. The van der Waals surface area contributed by atoms with E-state index in [0.717, 1.165) is 17.5 Å². The van der Waals surface area contributed by atoms with E-state index in [1.54, 1.807) is 32.0 Å². The summed E-state index contributed by atoms with van der Waals surface area (Å²) in [6, 6.07) is 12.8. The number of rotatable bonds is 9. The van der Waals surface area contributed by atoms with E-state index in [2.05, 4.69) is 30.0 Å². The lowest BCUT2D eigenvalue weighted by Crippen LogP contribution is -2.47. The van der Waals surface area contributed by atoms with Crippen molar-refractivity contribution < 1.29 is 19.1 Å². The minimum atomic E-state index is -0.811. The lowest BCUT2D eigenvalue weighted by molar-refractivity contribution is -0.133. The van der Waals surface area contributed by atoms with Gasteiger partial charge in [-0.1, -0.05) is 49.7 Å². The number of hydrazine groups is 1. The topological polar surface area (TPSA) is 96.5 Å². The maximum absolute atomic E-state index is 12.3. The Hall–Kier alpha value is -3.06. The van der Waals surface area contributed by atoms with Crippen LogP contribution in [0.2, 0.25) is 5.02 Å². The molecule has 0 spiro atoms. The Labute approximate surface area is 193 Å². The maximum atomic E-state index is 12.3. The minimum absolute atomic E-state index is 0.0397. The van der Waals surface area contributed by atoms with Gasteiger partial charge in [-0.05, 0) is 55.5 Å². The zero-order valence-electron chi connectivity index (χ0n) is 18.8. The fraction of sp³-hybridized carbons (Fsp3) is 0.375. The molecule has 3 N–H and O–H groups in total. The molecule has 172 valence electrons. The number of amides is 3. The SMILES string of the molecule is CCC(C)c1ccccc1OC(C)C(=O)NNC(=O)CCC(=O)Nc1cccc(Cl)c1C. The standard InChI is InChI=1S/C24H30ClN3O4/c1-5-15(2)18-9-6-7-12-21(18)32-17(4)24(31)28-27-23(30)14-13-22(29)26-20-11-8-10-19(25)16(20)3/h6-12,15,17H,5,13-14H2,1-4H3,(H,26,29)(H,27,30)(H,28,31). The number of para-hydroxylation sites is 1. The summed E-state index contributed by atoms with van der Waals surface area (Å²) in [6.45, 7) is 7.58. The third-order valence-electron chi connectivity index (χ3n) is 5.18. The number of benzene rings is 2. The van der Waals surface area contributed by atoms with Crippen molar-refractivity contribution in [2.75, 3.05) is 5.32 Å². The number of hydrogen-bond acceptors (Lipinski definition) is 4. The molecule has 0 aliphatic carbocycles. The number of nitrogens with one attached hydrogen (secondary N) is 3. The average molecular weight is 460 g/mol. The van der Waals surface area contributed by atoms with Gasteiger partial charge in [0.25, 0.3) is 5.91 Å². The summed E-state index contributed by atoms with van der Waals surface area (Å²) in [6.07, 6.45) is 0.0102. The zero-order chi connectivity index (χ0) is 23.7. The highest BCUT2D eigenvalue weighted by molar-refractivity contribution is 6.31. The summed E-state index contributed by atoms with van der Waals surface area (Å²) in [5.74, 6) is -0.359. The van der Waals surface area contributed by atoms with Crippen LogP contribution in [0.25, 0.3) is 0 Å². The van der Waals surface area contributed by atoms with E-state index in [4.69, 9.17) is 16.3 Å². The number of halogens is 1. The molecule has 2 rings (SSSR count). The molecular weight excluding hydrogens is 430 g/mol. The van der Waals surface area contributed by atoms with Crippen molar-refractivity contribution in [2.24, 2.45) is 0 Å². The van der Waals surface area contributed by atoms with Crippen LogP contribution >= 0.6 is 11.6 Å². The molecule has 2 aromatic rings. The quantitative estimate of drug-likeness (QED) is 0.481. The third kappa shape index (κ3) is 7.27. The average Bonchev–Trinajstić information content (AvgIpc) is 2.78. The van der Waals surface area contributed by atoms with Gasteiger partial charge in [-0.2, -0.15) is 0 Å². The van der Waals surface area contributed by atoms with Gasteiger partial charge >= 0.3 is 0 Å². The highest BCUT2D eigenvalue weighted by Crippen LogP contribution is 2.29. The summed E-state index contributed by atoms with van der Waals surface area (Å²) in [5.41, 5.74) is 7.04. The first-order valence-corrected chi connectivity index (χ1v) is 11.0. The fourth-order valence-corrected chi connectivity index (χ4v) is 3.11. The van der Waals surface area contributed by atoms with Crippen LogP contribution in [0.4, 0.5) is 5.69 Å². The molecule has 7 nitrogen and oxygen atoms in total. The second-order valence-electron chi connectivity index (χ2n) is 7.61.